The zero-order valence-corrected chi connectivity index (χ0v) is 20.9. The molecular formula is C27H32B2N4. The summed E-state index contributed by atoms with van der Waals surface area (Å²) in [6, 6.07) is 15.5. The van der Waals surface area contributed by atoms with Crippen LogP contribution in [0.5, 0.6) is 0 Å². The van der Waals surface area contributed by atoms with Crippen LogP contribution in [0.15, 0.2) is 42.5 Å². The smallest absolute Gasteiger partial charge is 0.129 e. The summed E-state index contributed by atoms with van der Waals surface area (Å²) in [5, 5.41) is 8.60. The number of aromatic amines is 1. The highest BCUT2D eigenvalue weighted by Crippen LogP contribution is 2.40. The predicted molar refractivity (Wildman–Crippen MR) is 144 cm³/mol. The van der Waals surface area contributed by atoms with E-state index in [1.165, 1.54) is 39.0 Å². The largest absolute Gasteiger partial charge is 0.377 e. The van der Waals surface area contributed by atoms with Gasteiger partial charge < -0.3 is 4.90 Å². The molecule has 1 aliphatic rings. The summed E-state index contributed by atoms with van der Waals surface area (Å²) in [5.41, 5.74) is 12.3. The molecule has 0 amide bonds. The number of anilines is 1. The molecule has 166 valence electrons. The van der Waals surface area contributed by atoms with Gasteiger partial charge in [0.15, 0.2) is 0 Å². The highest BCUT2D eigenvalue weighted by Gasteiger charge is 2.37. The van der Waals surface area contributed by atoms with Crippen molar-refractivity contribution in [1.29, 1.82) is 0 Å². The number of H-pyrrole nitrogens is 1. The molecule has 33 heavy (non-hydrogen) atoms. The van der Waals surface area contributed by atoms with E-state index in [9.17, 15) is 0 Å². The molecule has 4 nitrogen and oxygen atoms in total. The molecule has 4 aromatic rings. The van der Waals surface area contributed by atoms with E-state index in [-0.39, 0.29) is 5.34 Å². The van der Waals surface area contributed by atoms with Crippen LogP contribution in [0.3, 0.4) is 0 Å². The summed E-state index contributed by atoms with van der Waals surface area (Å²) in [6.07, 6.45) is 0.944. The minimum atomic E-state index is -0.138. The van der Waals surface area contributed by atoms with Crippen molar-refractivity contribution in [2.45, 2.75) is 52.3 Å². The van der Waals surface area contributed by atoms with E-state index in [0.717, 1.165) is 35.4 Å². The Labute approximate surface area is 198 Å². The first-order valence-corrected chi connectivity index (χ1v) is 12.0. The molecule has 0 unspecified atom stereocenters. The van der Waals surface area contributed by atoms with E-state index in [4.69, 9.17) is 4.98 Å². The second-order valence-corrected chi connectivity index (χ2v) is 10.3. The molecule has 0 radical (unpaired) electrons. The van der Waals surface area contributed by atoms with Gasteiger partial charge in [-0.1, -0.05) is 38.1 Å². The number of hydrogen-bond donors (Lipinski definition) is 1. The zero-order valence-electron chi connectivity index (χ0n) is 20.9. The number of rotatable bonds is 3. The second kappa shape index (κ2) is 7.79. The molecule has 5 rings (SSSR count). The number of aryl methyl sites for hydroxylation is 3. The minimum absolute atomic E-state index is 0.138. The topological polar surface area (TPSA) is 44.8 Å². The summed E-state index contributed by atoms with van der Waals surface area (Å²) >= 11 is 0. The predicted octanol–water partition coefficient (Wildman–Crippen LogP) is 4.11. The number of pyridine rings is 1. The van der Waals surface area contributed by atoms with Crippen LogP contribution in [0.25, 0.3) is 22.2 Å². The standard InChI is InChI=1S/C27H32B2N4/c1-15(2)19-10-9-16(3)24(14-19)33-12-11-22-26(27(33,28)29)17(4)13-23(30-22)20-7-6-8-21-25(20)18(5)31-32-21/h6-10,13-15H,11-12,28-29H2,1-5H3,(H,31,32). The van der Waals surface area contributed by atoms with E-state index < -0.39 is 0 Å². The SMILES string of the molecule is BC1(B)c2c(C)cc(-c3cccc4[nH]nc(C)c34)nc2CCN1c1cc(C(C)C)ccc1C. The van der Waals surface area contributed by atoms with Gasteiger partial charge in [0.2, 0.25) is 0 Å². The van der Waals surface area contributed by atoms with Crippen LogP contribution in [-0.4, -0.2) is 37.4 Å². The quantitative estimate of drug-likeness (QED) is 0.494. The van der Waals surface area contributed by atoms with E-state index >= 15 is 0 Å². The summed E-state index contributed by atoms with van der Waals surface area (Å²) in [4.78, 5) is 7.83. The second-order valence-electron chi connectivity index (χ2n) is 10.3. The highest BCUT2D eigenvalue weighted by atomic mass is 15.2. The van der Waals surface area contributed by atoms with Crippen molar-refractivity contribution < 1.29 is 0 Å². The van der Waals surface area contributed by atoms with Crippen LogP contribution < -0.4 is 4.90 Å². The van der Waals surface area contributed by atoms with Crippen molar-refractivity contribution in [3.05, 3.63) is 76.1 Å². The molecule has 3 heterocycles. The Morgan fingerprint density at radius 3 is 2.58 bits per heavy atom. The van der Waals surface area contributed by atoms with Crippen LogP contribution in [0.1, 0.15) is 53.4 Å². The van der Waals surface area contributed by atoms with Crippen LogP contribution >= 0.6 is 0 Å². The molecule has 0 saturated heterocycles. The van der Waals surface area contributed by atoms with Crippen LogP contribution in [0, 0.1) is 20.8 Å². The molecule has 0 bridgehead atoms. The van der Waals surface area contributed by atoms with Gasteiger partial charge in [0.1, 0.15) is 15.7 Å². The number of fused-ring (bicyclic) bond motifs is 2. The first-order valence-electron chi connectivity index (χ1n) is 12.0. The third-order valence-corrected chi connectivity index (χ3v) is 7.39. The first-order chi connectivity index (χ1) is 15.7. The maximum absolute atomic E-state index is 5.24. The van der Waals surface area contributed by atoms with Crippen molar-refractivity contribution in [1.82, 2.24) is 15.2 Å². The van der Waals surface area contributed by atoms with E-state index in [0.29, 0.717) is 5.92 Å². The van der Waals surface area contributed by atoms with Crippen molar-refractivity contribution in [3.8, 4) is 11.3 Å². The molecule has 0 saturated carbocycles. The highest BCUT2D eigenvalue weighted by molar-refractivity contribution is 6.42. The van der Waals surface area contributed by atoms with Crippen molar-refractivity contribution in [3.63, 3.8) is 0 Å². The molecule has 0 aliphatic carbocycles. The fourth-order valence-corrected chi connectivity index (χ4v) is 5.67. The maximum Gasteiger partial charge on any atom is 0.129 e. The van der Waals surface area contributed by atoms with Gasteiger partial charge in [0.25, 0.3) is 0 Å². The van der Waals surface area contributed by atoms with E-state index in [1.807, 2.05) is 0 Å². The normalized spacial score (nSPS) is 15.3. The van der Waals surface area contributed by atoms with Crippen molar-refractivity contribution in [2.75, 3.05) is 11.4 Å². The average molecular weight is 434 g/mol. The molecule has 0 fully saturated rings. The lowest BCUT2D eigenvalue weighted by atomic mass is 9.54. The zero-order chi connectivity index (χ0) is 23.5. The van der Waals surface area contributed by atoms with Gasteiger partial charge in [0, 0.05) is 40.6 Å². The van der Waals surface area contributed by atoms with E-state index in [1.54, 1.807) is 0 Å². The molecule has 1 aliphatic heterocycles. The van der Waals surface area contributed by atoms with E-state index in [2.05, 4.69) is 108 Å². The minimum Gasteiger partial charge on any atom is -0.377 e. The Kier molecular flexibility index (Phi) is 5.15. The molecule has 0 spiro atoms. The number of hydrogen-bond acceptors (Lipinski definition) is 3. The van der Waals surface area contributed by atoms with Gasteiger partial charge in [-0.05, 0) is 67.1 Å². The third kappa shape index (κ3) is 3.47. The maximum atomic E-state index is 5.24. The molecular weight excluding hydrogens is 402 g/mol. The Bertz CT molecular complexity index is 1370. The van der Waals surface area contributed by atoms with Crippen LogP contribution in [-0.2, 0) is 11.8 Å². The Balaban J connectivity index is 1.62. The Hall–Kier alpha value is -3.01. The van der Waals surface area contributed by atoms with Crippen LogP contribution in [0.4, 0.5) is 5.69 Å². The molecule has 0 atom stereocenters. The lowest BCUT2D eigenvalue weighted by Crippen LogP contribution is -2.53. The number of nitrogens with zero attached hydrogens (tertiary/aromatic N) is 3. The lowest BCUT2D eigenvalue weighted by Gasteiger charge is -2.47. The number of aromatic nitrogens is 3. The molecule has 6 heteroatoms. The van der Waals surface area contributed by atoms with Gasteiger partial charge in [-0.25, -0.2) is 0 Å². The van der Waals surface area contributed by atoms with Gasteiger partial charge in [-0.3, -0.25) is 10.1 Å². The molecule has 2 aromatic heterocycles. The fraction of sp³-hybridized carbons (Fsp3) is 0.333. The fourth-order valence-electron chi connectivity index (χ4n) is 5.67. The number of nitrogens with one attached hydrogen (secondary N) is 1. The van der Waals surface area contributed by atoms with Gasteiger partial charge in [-0.15, -0.1) is 0 Å². The third-order valence-electron chi connectivity index (χ3n) is 7.39. The van der Waals surface area contributed by atoms with Gasteiger partial charge >= 0.3 is 0 Å². The van der Waals surface area contributed by atoms with Crippen molar-refractivity contribution in [2.24, 2.45) is 0 Å². The Morgan fingerprint density at radius 1 is 1.03 bits per heavy atom. The monoisotopic (exact) mass is 434 g/mol. The van der Waals surface area contributed by atoms with Crippen molar-refractivity contribution >= 4 is 32.3 Å². The molecule has 1 N–H and O–H groups in total. The first kappa shape index (κ1) is 21.8. The Morgan fingerprint density at radius 2 is 1.82 bits per heavy atom. The average Bonchev–Trinajstić information content (AvgIpc) is 3.15. The summed E-state index contributed by atoms with van der Waals surface area (Å²) < 4.78 is 0. The van der Waals surface area contributed by atoms with Crippen LogP contribution in [0.2, 0.25) is 0 Å². The number of benzene rings is 2. The van der Waals surface area contributed by atoms with Gasteiger partial charge in [0.05, 0.1) is 16.9 Å². The summed E-state index contributed by atoms with van der Waals surface area (Å²) in [5.74, 6) is 0.518. The van der Waals surface area contributed by atoms with Gasteiger partial charge in [-0.2, -0.15) is 5.10 Å². The summed E-state index contributed by atoms with van der Waals surface area (Å²) in [7, 11) is 4.70. The lowest BCUT2D eigenvalue weighted by molar-refractivity contribution is 0.642. The summed E-state index contributed by atoms with van der Waals surface area (Å²) in [6.45, 7) is 12.0. The molecule has 2 aromatic carbocycles.